The number of amides is 2. The summed E-state index contributed by atoms with van der Waals surface area (Å²) >= 11 is 0. The first-order valence-corrected chi connectivity index (χ1v) is 6.44. The minimum absolute atomic E-state index is 0.0223. The van der Waals surface area contributed by atoms with Crippen molar-refractivity contribution in [2.45, 2.75) is 13.8 Å². The molecular weight excluding hydrogens is 272 g/mol. The number of aromatic hydroxyl groups is 1. The molecule has 0 fully saturated rings. The average molecular weight is 288 g/mol. The van der Waals surface area contributed by atoms with E-state index in [9.17, 15) is 14.7 Å². The van der Waals surface area contributed by atoms with Crippen LogP contribution in [0.5, 0.6) is 11.5 Å². The van der Waals surface area contributed by atoms with Gasteiger partial charge in [0, 0.05) is 12.3 Å². The van der Waals surface area contributed by atoms with E-state index in [0.717, 1.165) is 0 Å². The summed E-state index contributed by atoms with van der Waals surface area (Å²) in [5.74, 6) is -0.847. The van der Waals surface area contributed by atoms with Gasteiger partial charge in [0.15, 0.2) is 0 Å². The minimum Gasteiger partial charge on any atom is -0.506 e. The van der Waals surface area contributed by atoms with E-state index in [1.165, 1.54) is 13.0 Å². The fourth-order valence-corrected chi connectivity index (χ4v) is 2.18. The first kappa shape index (κ1) is 14.6. The molecule has 0 aromatic heterocycles. The Labute approximate surface area is 121 Å². The summed E-state index contributed by atoms with van der Waals surface area (Å²) in [5.41, 5.74) is 5.74. The summed E-state index contributed by atoms with van der Waals surface area (Å²) in [4.78, 5) is 22.7. The van der Waals surface area contributed by atoms with Crippen LogP contribution in [0.2, 0.25) is 0 Å². The molecule has 0 heterocycles. The van der Waals surface area contributed by atoms with Gasteiger partial charge in [-0.2, -0.15) is 0 Å². The molecule has 4 N–H and O–H groups in total. The average Bonchev–Trinajstić information content (AvgIpc) is 2.41. The van der Waals surface area contributed by atoms with E-state index in [1.807, 2.05) is 0 Å². The zero-order valence-electron chi connectivity index (χ0n) is 11.8. The maximum Gasteiger partial charge on any atom is 0.252 e. The smallest absolute Gasteiger partial charge is 0.252 e. The molecule has 2 aromatic rings. The number of nitrogens with one attached hydrogen (secondary N) is 1. The van der Waals surface area contributed by atoms with Crippen LogP contribution in [0.4, 0.5) is 5.69 Å². The molecule has 0 bridgehead atoms. The van der Waals surface area contributed by atoms with Crippen molar-refractivity contribution < 1.29 is 19.4 Å². The zero-order valence-corrected chi connectivity index (χ0v) is 11.8. The topological polar surface area (TPSA) is 102 Å². The maximum absolute atomic E-state index is 11.4. The highest BCUT2D eigenvalue weighted by Crippen LogP contribution is 2.40. The predicted molar refractivity (Wildman–Crippen MR) is 79.6 cm³/mol. The fraction of sp³-hybridized carbons (Fsp3) is 0.200. The Morgan fingerprint density at radius 1 is 1.38 bits per heavy atom. The van der Waals surface area contributed by atoms with Crippen LogP contribution in [0, 0.1) is 0 Å². The second-order valence-electron chi connectivity index (χ2n) is 4.48. The Kier molecular flexibility index (Phi) is 3.98. The van der Waals surface area contributed by atoms with E-state index in [-0.39, 0.29) is 17.2 Å². The molecule has 21 heavy (non-hydrogen) atoms. The largest absolute Gasteiger partial charge is 0.506 e. The van der Waals surface area contributed by atoms with Crippen molar-refractivity contribution in [2.24, 2.45) is 5.73 Å². The Balaban J connectivity index is 2.83. The molecule has 0 spiro atoms. The van der Waals surface area contributed by atoms with Crippen LogP contribution in [0.15, 0.2) is 24.3 Å². The first-order valence-electron chi connectivity index (χ1n) is 6.44. The second-order valence-corrected chi connectivity index (χ2v) is 4.48. The highest BCUT2D eigenvalue weighted by molar-refractivity contribution is 6.11. The molecule has 0 aliphatic rings. The van der Waals surface area contributed by atoms with E-state index < -0.39 is 5.91 Å². The van der Waals surface area contributed by atoms with Gasteiger partial charge in [-0.05, 0) is 19.1 Å². The van der Waals surface area contributed by atoms with Crippen LogP contribution >= 0.6 is 0 Å². The van der Waals surface area contributed by atoms with Crippen LogP contribution in [0.1, 0.15) is 24.2 Å². The van der Waals surface area contributed by atoms with Crippen molar-refractivity contribution in [1.29, 1.82) is 0 Å². The van der Waals surface area contributed by atoms with E-state index in [2.05, 4.69) is 5.32 Å². The van der Waals surface area contributed by atoms with E-state index in [4.69, 9.17) is 10.5 Å². The number of hydrogen-bond donors (Lipinski definition) is 3. The molecule has 6 heteroatoms. The fourth-order valence-electron chi connectivity index (χ4n) is 2.18. The molecule has 0 saturated carbocycles. The predicted octanol–water partition coefficient (Wildman–Crippen LogP) is 2.00. The third-order valence-corrected chi connectivity index (χ3v) is 2.97. The van der Waals surface area contributed by atoms with Gasteiger partial charge in [-0.25, -0.2) is 0 Å². The van der Waals surface area contributed by atoms with Crippen LogP contribution in [0.3, 0.4) is 0 Å². The molecule has 0 unspecified atom stereocenters. The van der Waals surface area contributed by atoms with Gasteiger partial charge in [0.05, 0.1) is 23.2 Å². The molecule has 2 aromatic carbocycles. The SMILES string of the molecule is CCOc1cc(C(N)=O)c(O)c2cccc(NC(C)=O)c12. The Morgan fingerprint density at radius 3 is 2.67 bits per heavy atom. The van der Waals surface area contributed by atoms with Crippen molar-refractivity contribution in [3.05, 3.63) is 29.8 Å². The lowest BCUT2D eigenvalue weighted by atomic mass is 10.0. The monoisotopic (exact) mass is 288 g/mol. The maximum atomic E-state index is 11.4. The van der Waals surface area contributed by atoms with Crippen molar-refractivity contribution in [2.75, 3.05) is 11.9 Å². The van der Waals surface area contributed by atoms with Gasteiger partial charge >= 0.3 is 0 Å². The molecule has 2 amide bonds. The first-order chi connectivity index (χ1) is 9.95. The number of hydrogen-bond acceptors (Lipinski definition) is 4. The van der Waals surface area contributed by atoms with Gasteiger partial charge in [0.2, 0.25) is 5.91 Å². The van der Waals surface area contributed by atoms with Crippen molar-refractivity contribution in [3.63, 3.8) is 0 Å². The number of anilines is 1. The standard InChI is InChI=1S/C15H16N2O4/c1-3-21-12-7-10(15(16)20)14(19)9-5-4-6-11(13(9)12)17-8(2)18/h4-7,19H,3H2,1-2H3,(H2,16,20)(H,17,18). The van der Waals surface area contributed by atoms with Crippen LogP contribution in [-0.2, 0) is 4.79 Å². The zero-order chi connectivity index (χ0) is 15.6. The molecule has 6 nitrogen and oxygen atoms in total. The van der Waals surface area contributed by atoms with Gasteiger partial charge in [-0.15, -0.1) is 0 Å². The molecule has 0 aliphatic heterocycles. The molecular formula is C15H16N2O4. The van der Waals surface area contributed by atoms with Crippen LogP contribution < -0.4 is 15.8 Å². The van der Waals surface area contributed by atoms with E-state index in [1.54, 1.807) is 25.1 Å². The number of rotatable bonds is 4. The van der Waals surface area contributed by atoms with Crippen molar-refractivity contribution >= 4 is 28.3 Å². The Morgan fingerprint density at radius 2 is 2.10 bits per heavy atom. The number of nitrogens with two attached hydrogens (primary N) is 1. The lowest BCUT2D eigenvalue weighted by Gasteiger charge is -2.15. The van der Waals surface area contributed by atoms with Crippen molar-refractivity contribution in [3.8, 4) is 11.5 Å². The van der Waals surface area contributed by atoms with Gasteiger partial charge in [-0.3, -0.25) is 9.59 Å². The quantitative estimate of drug-likeness (QED) is 0.800. The number of phenols is 1. The third kappa shape index (κ3) is 2.74. The number of carbonyl (C=O) groups is 2. The van der Waals surface area contributed by atoms with E-state index >= 15 is 0 Å². The van der Waals surface area contributed by atoms with Gasteiger partial charge < -0.3 is 20.9 Å². The number of ether oxygens (including phenoxy) is 1. The normalized spacial score (nSPS) is 10.4. The lowest BCUT2D eigenvalue weighted by molar-refractivity contribution is -0.114. The highest BCUT2D eigenvalue weighted by atomic mass is 16.5. The summed E-state index contributed by atoms with van der Waals surface area (Å²) in [7, 11) is 0. The molecule has 2 rings (SSSR count). The second kappa shape index (κ2) is 5.70. The summed E-state index contributed by atoms with van der Waals surface area (Å²) in [6.07, 6.45) is 0. The van der Waals surface area contributed by atoms with E-state index in [0.29, 0.717) is 28.8 Å². The van der Waals surface area contributed by atoms with Crippen LogP contribution in [0.25, 0.3) is 10.8 Å². The molecule has 110 valence electrons. The Hall–Kier alpha value is -2.76. The highest BCUT2D eigenvalue weighted by Gasteiger charge is 2.18. The summed E-state index contributed by atoms with van der Waals surface area (Å²) in [6, 6.07) is 6.36. The third-order valence-electron chi connectivity index (χ3n) is 2.97. The molecule has 0 saturated heterocycles. The number of primary amides is 1. The molecule has 0 radical (unpaired) electrons. The van der Waals surface area contributed by atoms with Gasteiger partial charge in [0.1, 0.15) is 11.5 Å². The number of carbonyl (C=O) groups excluding carboxylic acids is 2. The van der Waals surface area contributed by atoms with Crippen molar-refractivity contribution in [1.82, 2.24) is 0 Å². The molecule has 0 aliphatic carbocycles. The Bertz CT molecular complexity index is 725. The van der Waals surface area contributed by atoms with Gasteiger partial charge in [-0.1, -0.05) is 12.1 Å². The lowest BCUT2D eigenvalue weighted by Crippen LogP contribution is -2.12. The summed E-state index contributed by atoms with van der Waals surface area (Å²) in [6.45, 7) is 3.55. The number of benzene rings is 2. The van der Waals surface area contributed by atoms with Gasteiger partial charge in [0.25, 0.3) is 5.91 Å². The molecule has 0 atom stereocenters. The summed E-state index contributed by atoms with van der Waals surface area (Å²) < 4.78 is 5.52. The minimum atomic E-state index is -0.750. The van der Waals surface area contributed by atoms with Crippen LogP contribution in [-0.4, -0.2) is 23.5 Å². The summed E-state index contributed by atoms with van der Waals surface area (Å²) in [5, 5.41) is 13.8. The number of fused-ring (bicyclic) bond motifs is 1.